The Balaban J connectivity index is 1.77. The molecule has 0 saturated heterocycles. The summed E-state index contributed by atoms with van der Waals surface area (Å²) in [5.41, 5.74) is 1.20. The quantitative estimate of drug-likeness (QED) is 0.738. The number of aromatic nitrogens is 4. The summed E-state index contributed by atoms with van der Waals surface area (Å²) in [7, 11) is 0. The smallest absolute Gasteiger partial charge is 0.262 e. The Kier molecular flexibility index (Phi) is 3.52. The Labute approximate surface area is 137 Å². The molecule has 0 unspecified atom stereocenters. The van der Waals surface area contributed by atoms with E-state index >= 15 is 0 Å². The summed E-state index contributed by atoms with van der Waals surface area (Å²) < 4.78 is 6.76. The molecule has 0 amide bonds. The van der Waals surface area contributed by atoms with Crippen molar-refractivity contribution in [3.63, 3.8) is 0 Å². The number of hydrogen-bond donors (Lipinski definition) is 0. The van der Waals surface area contributed by atoms with E-state index in [1.54, 1.807) is 22.2 Å². The fourth-order valence-electron chi connectivity index (χ4n) is 3.12. The predicted molar refractivity (Wildman–Crippen MR) is 87.8 cm³/mol. The van der Waals surface area contributed by atoms with Gasteiger partial charge in [0.15, 0.2) is 5.82 Å². The summed E-state index contributed by atoms with van der Waals surface area (Å²) in [5, 5.41) is 4.66. The highest BCUT2D eigenvalue weighted by atomic mass is 32.1. The Morgan fingerprint density at radius 2 is 2.35 bits per heavy atom. The zero-order chi connectivity index (χ0) is 16.0. The van der Waals surface area contributed by atoms with Crippen molar-refractivity contribution in [3.8, 4) is 0 Å². The van der Waals surface area contributed by atoms with Crippen molar-refractivity contribution < 1.29 is 4.52 Å². The minimum absolute atomic E-state index is 0.00157. The maximum atomic E-state index is 12.9. The van der Waals surface area contributed by atoms with E-state index in [1.165, 1.54) is 10.4 Å². The van der Waals surface area contributed by atoms with Gasteiger partial charge < -0.3 is 4.52 Å². The average Bonchev–Trinajstić information content (AvgIpc) is 3.13. The van der Waals surface area contributed by atoms with Crippen LogP contribution < -0.4 is 5.56 Å². The first kappa shape index (κ1) is 14.6. The van der Waals surface area contributed by atoms with Gasteiger partial charge in [-0.1, -0.05) is 19.0 Å². The van der Waals surface area contributed by atoms with Crippen molar-refractivity contribution in [1.82, 2.24) is 19.7 Å². The topological polar surface area (TPSA) is 73.8 Å². The van der Waals surface area contributed by atoms with Crippen LogP contribution in [0.3, 0.4) is 0 Å². The van der Waals surface area contributed by atoms with Gasteiger partial charge in [-0.3, -0.25) is 9.36 Å². The molecule has 7 heteroatoms. The Morgan fingerprint density at radius 3 is 3.13 bits per heavy atom. The Bertz CT molecular complexity index is 924. The molecular formula is C16H18N4O2S. The predicted octanol–water partition coefficient (Wildman–Crippen LogP) is 2.58. The first-order chi connectivity index (χ1) is 11.2. The monoisotopic (exact) mass is 330 g/mol. The first-order valence-corrected chi connectivity index (χ1v) is 8.78. The summed E-state index contributed by atoms with van der Waals surface area (Å²) in [4.78, 5) is 23.8. The van der Waals surface area contributed by atoms with Crippen molar-refractivity contribution in [2.24, 2.45) is 5.92 Å². The summed E-state index contributed by atoms with van der Waals surface area (Å²) in [6.07, 6.45) is 5.46. The fraction of sp³-hybridized carbons (Fsp3) is 0.500. The second kappa shape index (κ2) is 5.56. The number of aryl methyl sites for hydroxylation is 2. The minimum Gasteiger partial charge on any atom is -0.337 e. The molecule has 120 valence electrons. The first-order valence-electron chi connectivity index (χ1n) is 7.96. The Hall–Kier alpha value is -2.02. The molecule has 0 aromatic carbocycles. The third-order valence-electron chi connectivity index (χ3n) is 4.41. The summed E-state index contributed by atoms with van der Waals surface area (Å²) >= 11 is 1.66. The summed E-state index contributed by atoms with van der Waals surface area (Å²) in [6, 6.07) is 0. The van der Waals surface area contributed by atoms with E-state index in [1.807, 2.05) is 6.92 Å². The van der Waals surface area contributed by atoms with Crippen molar-refractivity contribution in [2.75, 3.05) is 0 Å². The van der Waals surface area contributed by atoms with E-state index in [0.717, 1.165) is 29.5 Å². The van der Waals surface area contributed by atoms with E-state index < -0.39 is 0 Å². The van der Waals surface area contributed by atoms with Crippen LogP contribution in [0.4, 0.5) is 0 Å². The summed E-state index contributed by atoms with van der Waals surface area (Å²) in [5.74, 6) is 1.79. The zero-order valence-corrected chi connectivity index (χ0v) is 14.0. The van der Waals surface area contributed by atoms with E-state index in [-0.39, 0.29) is 12.1 Å². The number of hydrogen-bond acceptors (Lipinski definition) is 6. The molecule has 0 saturated carbocycles. The maximum absolute atomic E-state index is 12.9. The molecule has 3 aromatic heterocycles. The second-order valence-corrected chi connectivity index (χ2v) is 7.25. The van der Waals surface area contributed by atoms with Crippen LogP contribution in [-0.2, 0) is 25.8 Å². The lowest BCUT2D eigenvalue weighted by atomic mass is 9.89. The molecule has 0 radical (unpaired) electrons. The van der Waals surface area contributed by atoms with Gasteiger partial charge in [0.1, 0.15) is 11.4 Å². The van der Waals surface area contributed by atoms with Gasteiger partial charge in [0.05, 0.1) is 11.7 Å². The number of nitrogens with zero attached hydrogens (tertiary/aromatic N) is 4. The van der Waals surface area contributed by atoms with Gasteiger partial charge in [-0.15, -0.1) is 11.3 Å². The second-order valence-electron chi connectivity index (χ2n) is 6.17. The number of fused-ring (bicyclic) bond motifs is 3. The molecule has 1 atom stereocenters. The van der Waals surface area contributed by atoms with Crippen LogP contribution >= 0.6 is 11.3 Å². The van der Waals surface area contributed by atoms with E-state index in [0.29, 0.717) is 24.1 Å². The average molecular weight is 330 g/mol. The van der Waals surface area contributed by atoms with Crippen molar-refractivity contribution in [2.45, 2.75) is 46.1 Å². The molecule has 0 bridgehead atoms. The molecular weight excluding hydrogens is 312 g/mol. The molecule has 0 aliphatic heterocycles. The van der Waals surface area contributed by atoms with E-state index in [2.05, 4.69) is 22.0 Å². The molecule has 3 heterocycles. The van der Waals surface area contributed by atoms with Crippen LogP contribution in [0.25, 0.3) is 10.2 Å². The van der Waals surface area contributed by atoms with Gasteiger partial charge in [-0.05, 0) is 30.7 Å². The number of rotatable bonds is 3. The fourth-order valence-corrected chi connectivity index (χ4v) is 4.46. The SMILES string of the molecule is CCc1noc(Cn2cnc3sc4c(c3c2=O)CC[C@H](C)C4)n1. The molecule has 1 aliphatic carbocycles. The molecule has 1 aliphatic rings. The van der Waals surface area contributed by atoms with Gasteiger partial charge in [0, 0.05) is 11.3 Å². The maximum Gasteiger partial charge on any atom is 0.262 e. The van der Waals surface area contributed by atoms with Crippen LogP contribution in [0.15, 0.2) is 15.6 Å². The lowest BCUT2D eigenvalue weighted by molar-refractivity contribution is 0.365. The van der Waals surface area contributed by atoms with E-state index in [4.69, 9.17) is 4.52 Å². The molecule has 3 aromatic rings. The standard InChI is InChI=1S/C16H18N4O2S/c1-3-12-18-13(22-19-12)7-20-8-17-15-14(16(20)21)10-5-4-9(2)6-11(10)23-15/h8-9H,3-7H2,1-2H3/t9-/m0/s1. The molecule has 4 rings (SSSR count). The third-order valence-corrected chi connectivity index (χ3v) is 5.58. The molecule has 0 fully saturated rings. The van der Waals surface area contributed by atoms with Crippen molar-refractivity contribution in [3.05, 3.63) is 38.8 Å². The highest BCUT2D eigenvalue weighted by Crippen LogP contribution is 2.35. The van der Waals surface area contributed by atoms with Gasteiger partial charge in [0.25, 0.3) is 5.56 Å². The van der Waals surface area contributed by atoms with Crippen LogP contribution in [0.1, 0.15) is 42.4 Å². The highest BCUT2D eigenvalue weighted by molar-refractivity contribution is 7.18. The van der Waals surface area contributed by atoms with Gasteiger partial charge in [-0.25, -0.2) is 4.98 Å². The zero-order valence-electron chi connectivity index (χ0n) is 13.2. The van der Waals surface area contributed by atoms with E-state index in [9.17, 15) is 4.79 Å². The molecule has 23 heavy (non-hydrogen) atoms. The Morgan fingerprint density at radius 1 is 1.48 bits per heavy atom. The summed E-state index contributed by atoms with van der Waals surface area (Å²) in [6.45, 7) is 4.50. The largest absolute Gasteiger partial charge is 0.337 e. The normalized spacial score (nSPS) is 17.6. The van der Waals surface area contributed by atoms with Crippen LogP contribution in [0, 0.1) is 5.92 Å². The van der Waals surface area contributed by atoms with Crippen molar-refractivity contribution >= 4 is 21.6 Å². The number of thiophene rings is 1. The third kappa shape index (κ3) is 2.49. The van der Waals surface area contributed by atoms with Crippen LogP contribution in [0.2, 0.25) is 0 Å². The van der Waals surface area contributed by atoms with Crippen molar-refractivity contribution in [1.29, 1.82) is 0 Å². The molecule has 6 nitrogen and oxygen atoms in total. The van der Waals surface area contributed by atoms with Crippen LogP contribution in [-0.4, -0.2) is 19.7 Å². The van der Waals surface area contributed by atoms with Crippen LogP contribution in [0.5, 0.6) is 0 Å². The molecule has 0 spiro atoms. The minimum atomic E-state index is -0.00157. The van der Waals surface area contributed by atoms with Gasteiger partial charge in [0.2, 0.25) is 5.89 Å². The van der Waals surface area contributed by atoms with Gasteiger partial charge >= 0.3 is 0 Å². The van der Waals surface area contributed by atoms with Gasteiger partial charge in [-0.2, -0.15) is 4.98 Å². The highest BCUT2D eigenvalue weighted by Gasteiger charge is 2.23. The lowest BCUT2D eigenvalue weighted by Gasteiger charge is -2.17. The molecule has 0 N–H and O–H groups in total. The lowest BCUT2D eigenvalue weighted by Crippen LogP contribution is -2.22.